The van der Waals surface area contributed by atoms with Gasteiger partial charge in [0.25, 0.3) is 5.91 Å². The number of likely N-dealkylation sites (N-methyl/N-ethyl adjacent to an activating group) is 1. The fraction of sp³-hybridized carbons (Fsp3) is 0.273. The lowest BCUT2D eigenvalue weighted by Gasteiger charge is -2.41. The number of amidine groups is 1. The van der Waals surface area contributed by atoms with Crippen molar-refractivity contribution in [3.8, 4) is 0 Å². The first kappa shape index (κ1) is 20.9. The first-order valence-electron chi connectivity index (χ1n) is 9.87. The molecule has 2 aliphatic heterocycles. The number of hydrogen-bond donors (Lipinski definition) is 1. The van der Waals surface area contributed by atoms with E-state index in [9.17, 15) is 14.4 Å². The third kappa shape index (κ3) is 4.27. The molecular formula is C22H23N5O3S. The zero-order valence-electron chi connectivity index (χ0n) is 17.0. The SMILES string of the molecule is CN1C(=O)N(Cc2ccccc2)C(=O)C2C1N=C(SCC(N)=O)N2Cc1ccccc1. The van der Waals surface area contributed by atoms with Gasteiger partial charge in [-0.25, -0.2) is 9.79 Å². The molecule has 31 heavy (non-hydrogen) atoms. The molecule has 160 valence electrons. The van der Waals surface area contributed by atoms with Crippen LogP contribution in [-0.2, 0) is 22.7 Å². The maximum Gasteiger partial charge on any atom is 0.328 e. The minimum absolute atomic E-state index is 0.0448. The Morgan fingerprint density at radius 1 is 1.00 bits per heavy atom. The van der Waals surface area contributed by atoms with Crippen molar-refractivity contribution in [3.05, 3.63) is 71.8 Å². The summed E-state index contributed by atoms with van der Waals surface area (Å²) in [5.41, 5.74) is 7.19. The molecule has 9 heteroatoms. The lowest BCUT2D eigenvalue weighted by molar-refractivity contribution is -0.138. The first-order valence-corrected chi connectivity index (χ1v) is 10.9. The third-order valence-corrected chi connectivity index (χ3v) is 6.30. The number of imide groups is 1. The molecule has 4 rings (SSSR count). The van der Waals surface area contributed by atoms with Crippen LogP contribution >= 0.6 is 11.8 Å². The molecule has 0 radical (unpaired) electrons. The molecule has 2 aromatic carbocycles. The van der Waals surface area contributed by atoms with Crippen molar-refractivity contribution >= 4 is 34.8 Å². The van der Waals surface area contributed by atoms with Crippen molar-refractivity contribution < 1.29 is 14.4 Å². The highest BCUT2D eigenvalue weighted by Crippen LogP contribution is 2.33. The van der Waals surface area contributed by atoms with Crippen LogP contribution in [0.15, 0.2) is 65.7 Å². The van der Waals surface area contributed by atoms with Crippen LogP contribution in [-0.4, -0.2) is 62.7 Å². The first-order chi connectivity index (χ1) is 15.0. The number of carbonyl (C=O) groups excluding carboxylic acids is 3. The normalized spacial score (nSPS) is 20.7. The van der Waals surface area contributed by atoms with Gasteiger partial charge in [-0.1, -0.05) is 72.4 Å². The van der Waals surface area contributed by atoms with Crippen molar-refractivity contribution in [2.24, 2.45) is 10.7 Å². The van der Waals surface area contributed by atoms with Crippen LogP contribution in [0.2, 0.25) is 0 Å². The van der Waals surface area contributed by atoms with Crippen LogP contribution < -0.4 is 5.73 Å². The predicted octanol–water partition coefficient (Wildman–Crippen LogP) is 1.87. The molecule has 0 saturated carbocycles. The summed E-state index contributed by atoms with van der Waals surface area (Å²) < 4.78 is 0. The number of amides is 4. The molecule has 0 bridgehead atoms. The number of hydrogen-bond acceptors (Lipinski definition) is 6. The van der Waals surface area contributed by atoms with E-state index < -0.39 is 18.1 Å². The molecule has 2 heterocycles. The highest BCUT2D eigenvalue weighted by Gasteiger charge is 2.52. The topological polar surface area (TPSA) is 99.3 Å². The van der Waals surface area contributed by atoms with E-state index in [1.807, 2.05) is 65.6 Å². The van der Waals surface area contributed by atoms with E-state index in [-0.39, 0.29) is 24.2 Å². The molecule has 0 spiro atoms. The van der Waals surface area contributed by atoms with Gasteiger partial charge in [0.15, 0.2) is 17.4 Å². The Morgan fingerprint density at radius 2 is 1.58 bits per heavy atom. The number of aliphatic imine (C=N–C) groups is 1. The minimum atomic E-state index is -0.665. The molecule has 0 aliphatic carbocycles. The smallest absolute Gasteiger partial charge is 0.328 e. The number of urea groups is 1. The number of thioether (sulfide) groups is 1. The number of carbonyl (C=O) groups is 3. The molecule has 2 N–H and O–H groups in total. The highest BCUT2D eigenvalue weighted by atomic mass is 32.2. The van der Waals surface area contributed by atoms with Crippen molar-refractivity contribution in [1.82, 2.24) is 14.7 Å². The summed E-state index contributed by atoms with van der Waals surface area (Å²) in [5, 5.41) is 0.534. The van der Waals surface area contributed by atoms with Crippen molar-refractivity contribution in [2.45, 2.75) is 25.3 Å². The fourth-order valence-corrected chi connectivity index (χ4v) is 4.57. The Kier molecular flexibility index (Phi) is 5.94. The summed E-state index contributed by atoms with van der Waals surface area (Å²) in [7, 11) is 1.65. The Hall–Kier alpha value is -3.33. The second kappa shape index (κ2) is 8.81. The second-order valence-corrected chi connectivity index (χ2v) is 8.38. The third-order valence-electron chi connectivity index (χ3n) is 5.28. The summed E-state index contributed by atoms with van der Waals surface area (Å²) in [4.78, 5) is 47.1. The van der Waals surface area contributed by atoms with Crippen molar-refractivity contribution in [2.75, 3.05) is 12.8 Å². The van der Waals surface area contributed by atoms with Gasteiger partial charge in [-0.05, 0) is 11.1 Å². The maximum absolute atomic E-state index is 13.5. The molecule has 2 aromatic rings. The van der Waals surface area contributed by atoms with E-state index in [2.05, 4.69) is 4.99 Å². The van der Waals surface area contributed by atoms with Crippen LogP contribution in [0.1, 0.15) is 11.1 Å². The zero-order valence-corrected chi connectivity index (χ0v) is 17.9. The molecule has 2 unspecified atom stereocenters. The van der Waals surface area contributed by atoms with E-state index in [4.69, 9.17) is 5.73 Å². The number of nitrogens with zero attached hydrogens (tertiary/aromatic N) is 4. The Morgan fingerprint density at radius 3 is 2.16 bits per heavy atom. The summed E-state index contributed by atoms with van der Waals surface area (Å²) in [6.45, 7) is 0.620. The molecule has 2 aliphatic rings. The lowest BCUT2D eigenvalue weighted by Crippen LogP contribution is -2.64. The van der Waals surface area contributed by atoms with Gasteiger partial charge in [0, 0.05) is 13.6 Å². The van der Waals surface area contributed by atoms with Crippen LogP contribution in [0, 0.1) is 0 Å². The highest BCUT2D eigenvalue weighted by molar-refractivity contribution is 8.14. The van der Waals surface area contributed by atoms with Crippen LogP contribution in [0.25, 0.3) is 0 Å². The number of rotatable bonds is 6. The van der Waals surface area contributed by atoms with Crippen molar-refractivity contribution in [3.63, 3.8) is 0 Å². The van der Waals surface area contributed by atoms with Crippen LogP contribution in [0.3, 0.4) is 0 Å². The number of benzene rings is 2. The summed E-state index contributed by atoms with van der Waals surface area (Å²) >= 11 is 1.19. The van der Waals surface area contributed by atoms with E-state index >= 15 is 0 Å². The Balaban J connectivity index is 1.65. The average Bonchev–Trinajstić information content (AvgIpc) is 3.13. The lowest BCUT2D eigenvalue weighted by atomic mass is 10.1. The van der Waals surface area contributed by atoms with Gasteiger partial charge in [0.05, 0.1) is 12.3 Å². The molecule has 1 saturated heterocycles. The van der Waals surface area contributed by atoms with E-state index in [1.54, 1.807) is 7.05 Å². The van der Waals surface area contributed by atoms with E-state index in [0.717, 1.165) is 11.1 Å². The minimum Gasteiger partial charge on any atom is -0.369 e. The number of primary amides is 1. The average molecular weight is 438 g/mol. The zero-order chi connectivity index (χ0) is 22.0. The monoisotopic (exact) mass is 437 g/mol. The largest absolute Gasteiger partial charge is 0.369 e. The van der Waals surface area contributed by atoms with Crippen LogP contribution in [0.4, 0.5) is 4.79 Å². The standard InChI is InChI=1S/C22H23N5O3S/c1-25-19-18(20(29)27(22(25)30)13-16-10-6-3-7-11-16)26(12-15-8-4-2-5-9-15)21(24-19)31-14-17(23)28/h2-11,18-19H,12-14H2,1H3,(H2,23,28). The van der Waals surface area contributed by atoms with E-state index in [1.165, 1.54) is 21.6 Å². The summed E-state index contributed by atoms with van der Waals surface area (Å²) in [6, 6.07) is 18.1. The molecule has 0 aromatic heterocycles. The van der Waals surface area contributed by atoms with Crippen molar-refractivity contribution in [1.29, 1.82) is 0 Å². The molecule has 2 atom stereocenters. The predicted molar refractivity (Wildman–Crippen MR) is 119 cm³/mol. The number of nitrogens with two attached hydrogens (primary N) is 1. The molecule has 8 nitrogen and oxygen atoms in total. The molecule has 4 amide bonds. The molecular weight excluding hydrogens is 414 g/mol. The summed E-state index contributed by atoms with van der Waals surface area (Å²) in [5.74, 6) is -0.724. The van der Waals surface area contributed by atoms with Gasteiger partial charge in [0.2, 0.25) is 5.91 Å². The van der Waals surface area contributed by atoms with Gasteiger partial charge < -0.3 is 15.5 Å². The van der Waals surface area contributed by atoms with Gasteiger partial charge >= 0.3 is 6.03 Å². The van der Waals surface area contributed by atoms with Gasteiger partial charge in [-0.15, -0.1) is 0 Å². The quantitative estimate of drug-likeness (QED) is 0.744. The fourth-order valence-electron chi connectivity index (χ4n) is 3.77. The maximum atomic E-state index is 13.5. The second-order valence-electron chi connectivity index (χ2n) is 7.44. The Bertz CT molecular complexity index is 1010. The molecule has 1 fully saturated rings. The summed E-state index contributed by atoms with van der Waals surface area (Å²) in [6.07, 6.45) is -0.647. The van der Waals surface area contributed by atoms with Crippen LogP contribution in [0.5, 0.6) is 0 Å². The van der Waals surface area contributed by atoms with Gasteiger partial charge in [0.1, 0.15) is 0 Å². The number of fused-ring (bicyclic) bond motifs is 1. The van der Waals surface area contributed by atoms with Gasteiger partial charge in [-0.2, -0.15) is 0 Å². The van der Waals surface area contributed by atoms with E-state index in [0.29, 0.717) is 11.7 Å². The Labute approximate surface area is 184 Å². The van der Waals surface area contributed by atoms with Gasteiger partial charge in [-0.3, -0.25) is 14.5 Å².